The van der Waals surface area contributed by atoms with Gasteiger partial charge in [-0.15, -0.1) is 0 Å². The molecule has 240 valence electrons. The average Bonchev–Trinajstić information content (AvgIpc) is 3.58. The van der Waals surface area contributed by atoms with E-state index in [1.807, 2.05) is 6.07 Å². The summed E-state index contributed by atoms with van der Waals surface area (Å²) in [5.41, 5.74) is -1.87. The quantitative estimate of drug-likeness (QED) is 0.243. The predicted molar refractivity (Wildman–Crippen MR) is 148 cm³/mol. The number of carbonyl (C=O) groups is 2. The van der Waals surface area contributed by atoms with Crippen molar-refractivity contribution in [3.05, 3.63) is 106 Å². The van der Waals surface area contributed by atoms with Gasteiger partial charge >= 0.3 is 18.4 Å². The minimum Gasteiger partial charge on any atom is -0.444 e. The van der Waals surface area contributed by atoms with Crippen LogP contribution in [0.2, 0.25) is 0 Å². The van der Waals surface area contributed by atoms with Crippen LogP contribution < -0.4 is 0 Å². The van der Waals surface area contributed by atoms with Crippen molar-refractivity contribution < 1.29 is 49.8 Å². The van der Waals surface area contributed by atoms with E-state index in [2.05, 4.69) is 0 Å². The highest BCUT2D eigenvalue weighted by molar-refractivity contribution is 5.94. The Morgan fingerprint density at radius 1 is 0.889 bits per heavy atom. The Morgan fingerprint density at radius 2 is 1.51 bits per heavy atom. The molecule has 45 heavy (non-hydrogen) atoms. The molecule has 0 bridgehead atoms. The van der Waals surface area contributed by atoms with E-state index in [1.165, 1.54) is 31.2 Å². The zero-order valence-electron chi connectivity index (χ0n) is 24.1. The van der Waals surface area contributed by atoms with Crippen LogP contribution in [0.25, 0.3) is 0 Å². The molecule has 3 aromatic carbocycles. The van der Waals surface area contributed by atoms with Crippen molar-refractivity contribution in [1.29, 1.82) is 0 Å². The van der Waals surface area contributed by atoms with E-state index >= 15 is 0 Å². The largest absolute Gasteiger partial charge is 0.444 e. The lowest BCUT2D eigenvalue weighted by molar-refractivity contribution is -0.143. The van der Waals surface area contributed by atoms with Gasteiger partial charge < -0.3 is 9.47 Å². The van der Waals surface area contributed by atoms with E-state index in [9.17, 15) is 40.3 Å². The van der Waals surface area contributed by atoms with Gasteiger partial charge in [0.25, 0.3) is 0 Å². The maximum Gasteiger partial charge on any atom is 0.417 e. The minimum absolute atomic E-state index is 0.0532. The van der Waals surface area contributed by atoms with Crippen LogP contribution >= 0.6 is 0 Å². The molecule has 1 saturated carbocycles. The molecule has 5 atom stereocenters. The third-order valence-electron chi connectivity index (χ3n) is 8.51. The molecular weight excluding hydrogens is 607 g/mol. The lowest BCUT2D eigenvalue weighted by Gasteiger charge is -2.34. The number of amides is 2. The summed E-state index contributed by atoms with van der Waals surface area (Å²) in [6.07, 6.45) is -11.6. The summed E-state index contributed by atoms with van der Waals surface area (Å²) in [5.74, 6) is -1.88. The van der Waals surface area contributed by atoms with Crippen molar-refractivity contribution >= 4 is 12.0 Å². The standard InChI is InChI=1S/C33H30F7NO4/c1-19(22-15-23(32(35,36)37)17-24(16-22)33(38,39)40)45-28-13-11-26(30(28)21-7-9-25(34)10-8-21)27-12-14-29(42)41(27)31(43)44-18-20-5-3-2-4-6-20/h2-10,15-17,19,26-28,30H,11-14,18H2,1H3/t19-,26+,27-,28+,30+/m1/s1. The van der Waals surface area contributed by atoms with E-state index in [0.29, 0.717) is 37.0 Å². The number of hydrogen-bond donors (Lipinski definition) is 0. The van der Waals surface area contributed by atoms with Gasteiger partial charge in [0.05, 0.1) is 23.3 Å². The normalized spacial score (nSPS) is 22.9. The van der Waals surface area contributed by atoms with E-state index in [1.54, 1.807) is 24.3 Å². The first-order valence-electron chi connectivity index (χ1n) is 14.5. The number of benzene rings is 3. The second-order valence-corrected chi connectivity index (χ2v) is 11.4. The van der Waals surface area contributed by atoms with Gasteiger partial charge in [-0.3, -0.25) is 4.79 Å². The molecule has 2 aliphatic rings. The molecule has 5 rings (SSSR count). The minimum atomic E-state index is -5.02. The molecule has 0 spiro atoms. The van der Waals surface area contributed by atoms with E-state index in [4.69, 9.17) is 9.47 Å². The molecule has 0 unspecified atom stereocenters. The summed E-state index contributed by atoms with van der Waals surface area (Å²) < 4.78 is 107. The monoisotopic (exact) mass is 637 g/mol. The number of halogens is 7. The van der Waals surface area contributed by atoms with Gasteiger partial charge in [0, 0.05) is 18.4 Å². The highest BCUT2D eigenvalue weighted by atomic mass is 19.4. The third-order valence-corrected chi connectivity index (χ3v) is 8.51. The van der Waals surface area contributed by atoms with Crippen LogP contribution in [-0.2, 0) is 33.2 Å². The van der Waals surface area contributed by atoms with Crippen LogP contribution in [0, 0.1) is 11.7 Å². The van der Waals surface area contributed by atoms with Gasteiger partial charge in [-0.1, -0.05) is 42.5 Å². The Kier molecular flexibility index (Phi) is 9.25. The van der Waals surface area contributed by atoms with Gasteiger partial charge in [0.1, 0.15) is 12.4 Å². The Hall–Kier alpha value is -3.93. The highest BCUT2D eigenvalue weighted by Crippen LogP contribution is 2.49. The molecule has 3 aromatic rings. The van der Waals surface area contributed by atoms with Crippen LogP contribution in [0.4, 0.5) is 35.5 Å². The van der Waals surface area contributed by atoms with Gasteiger partial charge in [0.15, 0.2) is 0 Å². The summed E-state index contributed by atoms with van der Waals surface area (Å²) in [6.45, 7) is 1.32. The van der Waals surface area contributed by atoms with E-state index < -0.39 is 71.4 Å². The Morgan fingerprint density at radius 3 is 2.11 bits per heavy atom. The first-order chi connectivity index (χ1) is 21.2. The van der Waals surface area contributed by atoms with Crippen LogP contribution in [0.3, 0.4) is 0 Å². The van der Waals surface area contributed by atoms with Crippen molar-refractivity contribution in [2.75, 3.05) is 0 Å². The number of imide groups is 1. The molecule has 0 radical (unpaired) electrons. The smallest absolute Gasteiger partial charge is 0.417 e. The first-order valence-corrected chi connectivity index (χ1v) is 14.5. The molecule has 12 heteroatoms. The third kappa shape index (κ3) is 7.32. The second-order valence-electron chi connectivity index (χ2n) is 11.4. The fourth-order valence-electron chi connectivity index (χ4n) is 6.41. The second kappa shape index (κ2) is 12.8. The van der Waals surface area contributed by atoms with Crippen molar-refractivity contribution in [3.8, 4) is 0 Å². The van der Waals surface area contributed by atoms with Crippen molar-refractivity contribution in [1.82, 2.24) is 4.90 Å². The topological polar surface area (TPSA) is 55.8 Å². The molecule has 1 aliphatic carbocycles. The first kappa shape index (κ1) is 32.5. The Labute approximate surface area is 254 Å². The SMILES string of the molecule is C[C@@H](O[C@H]1CC[C@@H]([C@H]2CCC(=O)N2C(=O)OCc2ccccc2)[C@@H]1c1ccc(F)cc1)c1cc(C(F)(F)F)cc(C(F)(F)F)c1. The molecule has 1 aliphatic heterocycles. The molecule has 0 N–H and O–H groups in total. The number of alkyl halides is 6. The number of nitrogens with zero attached hydrogens (tertiary/aromatic N) is 1. The molecule has 0 aromatic heterocycles. The fraction of sp³-hybridized carbons (Fsp3) is 0.394. The van der Waals surface area contributed by atoms with E-state index in [0.717, 1.165) is 10.5 Å². The Bertz CT molecular complexity index is 1480. The highest BCUT2D eigenvalue weighted by Gasteiger charge is 2.49. The maximum atomic E-state index is 13.9. The van der Waals surface area contributed by atoms with Crippen LogP contribution in [-0.4, -0.2) is 29.0 Å². The summed E-state index contributed by atoms with van der Waals surface area (Å²) in [5, 5.41) is 0. The number of likely N-dealkylation sites (tertiary alicyclic amines) is 1. The summed E-state index contributed by atoms with van der Waals surface area (Å²) in [6, 6.07) is 15.2. The summed E-state index contributed by atoms with van der Waals surface area (Å²) in [7, 11) is 0. The predicted octanol–water partition coefficient (Wildman–Crippen LogP) is 8.83. The van der Waals surface area contributed by atoms with E-state index in [-0.39, 0.29) is 24.7 Å². The van der Waals surface area contributed by atoms with Crippen molar-refractivity contribution in [3.63, 3.8) is 0 Å². The van der Waals surface area contributed by atoms with Gasteiger partial charge in [-0.2, -0.15) is 26.3 Å². The Balaban J connectivity index is 1.42. The number of hydrogen-bond acceptors (Lipinski definition) is 4. The molecular formula is C33H30F7NO4. The maximum absolute atomic E-state index is 13.9. The van der Waals surface area contributed by atoms with Gasteiger partial charge in [-0.25, -0.2) is 14.1 Å². The number of rotatable bonds is 7. The van der Waals surface area contributed by atoms with Gasteiger partial charge in [0.2, 0.25) is 5.91 Å². The molecule has 5 nitrogen and oxygen atoms in total. The molecule has 1 saturated heterocycles. The molecule has 1 heterocycles. The molecule has 2 fully saturated rings. The average molecular weight is 638 g/mol. The number of ether oxygens (including phenoxy) is 2. The fourth-order valence-corrected chi connectivity index (χ4v) is 6.41. The van der Waals surface area contributed by atoms with Gasteiger partial charge in [-0.05, 0) is 79.1 Å². The van der Waals surface area contributed by atoms with Crippen LogP contribution in [0.15, 0.2) is 72.8 Å². The summed E-state index contributed by atoms with van der Waals surface area (Å²) in [4.78, 5) is 27.2. The van der Waals surface area contributed by atoms with Crippen molar-refractivity contribution in [2.45, 2.75) is 75.7 Å². The lowest BCUT2D eigenvalue weighted by atomic mass is 9.82. The van der Waals surface area contributed by atoms with Crippen LogP contribution in [0.1, 0.15) is 72.4 Å². The van der Waals surface area contributed by atoms with Crippen LogP contribution in [0.5, 0.6) is 0 Å². The lowest BCUT2D eigenvalue weighted by Crippen LogP contribution is -2.44. The zero-order valence-corrected chi connectivity index (χ0v) is 24.1. The number of carbonyl (C=O) groups excluding carboxylic acids is 2. The zero-order chi connectivity index (χ0) is 32.5. The molecule has 2 amide bonds. The summed E-state index contributed by atoms with van der Waals surface area (Å²) >= 11 is 0. The van der Waals surface area contributed by atoms with Crippen molar-refractivity contribution in [2.24, 2.45) is 5.92 Å².